The fraction of sp³-hybridized carbons (Fsp3) is 0.240. The van der Waals surface area contributed by atoms with Crippen molar-refractivity contribution in [3.8, 4) is 23.3 Å². The molecule has 1 aromatic carbocycles. The van der Waals surface area contributed by atoms with Gasteiger partial charge in [0.1, 0.15) is 34.4 Å². The molecular weight excluding hydrogens is 432 g/mol. The van der Waals surface area contributed by atoms with Gasteiger partial charge in [-0.3, -0.25) is 4.79 Å². The Morgan fingerprint density at radius 2 is 1.73 bits per heavy atom. The first-order chi connectivity index (χ1) is 15.7. The molecule has 3 rings (SSSR count). The number of hydrogen-bond acceptors (Lipinski definition) is 7. The molecule has 166 valence electrons. The van der Waals surface area contributed by atoms with Gasteiger partial charge in [-0.05, 0) is 42.5 Å². The maximum absolute atomic E-state index is 12.7. The standard InChI is InChI=1S/C25H24N6OS/c1-14(2)17-6-8-18(9-7-17)22-19(11-26)23(28)31-25(20(22)12-27)33-16(4)24(32)30-21-10-5-15(3)13-29-21/h5-10,13-14,16H,1-4H3,(H2,28,31)(H,29,30,32). The van der Waals surface area contributed by atoms with E-state index in [1.807, 2.05) is 37.3 Å². The maximum Gasteiger partial charge on any atom is 0.238 e. The molecule has 0 saturated carbocycles. The van der Waals surface area contributed by atoms with E-state index in [2.05, 4.69) is 41.3 Å². The molecule has 1 atom stereocenters. The predicted octanol–water partition coefficient (Wildman–Crippen LogP) is 5.02. The van der Waals surface area contributed by atoms with E-state index < -0.39 is 5.25 Å². The van der Waals surface area contributed by atoms with Crippen LogP contribution in [0.25, 0.3) is 11.1 Å². The van der Waals surface area contributed by atoms with Crippen LogP contribution in [-0.4, -0.2) is 21.1 Å². The number of benzene rings is 1. The van der Waals surface area contributed by atoms with Crippen LogP contribution in [0.5, 0.6) is 0 Å². The van der Waals surface area contributed by atoms with Crippen LogP contribution in [0.2, 0.25) is 0 Å². The Labute approximate surface area is 197 Å². The second kappa shape index (κ2) is 10.2. The summed E-state index contributed by atoms with van der Waals surface area (Å²) in [4.78, 5) is 21.2. The Bertz CT molecular complexity index is 1250. The lowest BCUT2D eigenvalue weighted by molar-refractivity contribution is -0.115. The summed E-state index contributed by atoms with van der Waals surface area (Å²) in [6.45, 7) is 7.81. The molecule has 0 aliphatic heterocycles. The van der Waals surface area contributed by atoms with Crippen molar-refractivity contribution in [2.24, 2.45) is 0 Å². The fourth-order valence-electron chi connectivity index (χ4n) is 3.20. The van der Waals surface area contributed by atoms with E-state index >= 15 is 0 Å². The summed E-state index contributed by atoms with van der Waals surface area (Å²) in [5, 5.41) is 22.2. The van der Waals surface area contributed by atoms with Gasteiger partial charge in [0.15, 0.2) is 0 Å². The second-order valence-corrected chi connectivity index (χ2v) is 9.23. The van der Waals surface area contributed by atoms with Crippen molar-refractivity contribution in [2.45, 2.75) is 43.9 Å². The topological polar surface area (TPSA) is 128 Å². The molecule has 2 aromatic heterocycles. The Morgan fingerprint density at radius 1 is 1.06 bits per heavy atom. The molecule has 1 amide bonds. The highest BCUT2D eigenvalue weighted by atomic mass is 32.2. The van der Waals surface area contributed by atoms with E-state index in [-0.39, 0.29) is 22.9 Å². The number of carbonyl (C=O) groups excluding carboxylic acids is 1. The number of thioether (sulfide) groups is 1. The van der Waals surface area contributed by atoms with Gasteiger partial charge in [0.05, 0.1) is 10.8 Å². The van der Waals surface area contributed by atoms with E-state index in [9.17, 15) is 15.3 Å². The Balaban J connectivity index is 1.97. The normalized spacial score (nSPS) is 11.5. The van der Waals surface area contributed by atoms with Crippen LogP contribution >= 0.6 is 11.8 Å². The zero-order chi connectivity index (χ0) is 24.1. The third-order valence-electron chi connectivity index (χ3n) is 5.10. The molecule has 8 heteroatoms. The number of nitrogens with two attached hydrogens (primary N) is 1. The number of aryl methyl sites for hydroxylation is 1. The van der Waals surface area contributed by atoms with Crippen LogP contribution in [0.3, 0.4) is 0 Å². The van der Waals surface area contributed by atoms with E-state index in [0.717, 1.165) is 22.9 Å². The Hall–Kier alpha value is -3.88. The number of aromatic nitrogens is 2. The molecule has 1 unspecified atom stereocenters. The summed E-state index contributed by atoms with van der Waals surface area (Å²) in [5.74, 6) is 0.528. The van der Waals surface area contributed by atoms with E-state index in [1.54, 1.807) is 19.2 Å². The Kier molecular flexibility index (Phi) is 7.32. The number of amides is 1. The smallest absolute Gasteiger partial charge is 0.238 e. The SMILES string of the molecule is Cc1ccc(NC(=O)C(C)Sc2nc(N)c(C#N)c(-c3ccc(C(C)C)cc3)c2C#N)nc1. The molecule has 0 bridgehead atoms. The molecule has 7 nitrogen and oxygen atoms in total. The molecule has 0 saturated heterocycles. The molecule has 3 N–H and O–H groups in total. The maximum atomic E-state index is 12.7. The number of nitriles is 2. The fourth-order valence-corrected chi connectivity index (χ4v) is 4.11. The second-order valence-electron chi connectivity index (χ2n) is 7.90. The van der Waals surface area contributed by atoms with Crippen LogP contribution < -0.4 is 11.1 Å². The molecule has 0 aliphatic rings. The number of anilines is 2. The number of hydrogen-bond donors (Lipinski definition) is 2. The highest BCUT2D eigenvalue weighted by molar-refractivity contribution is 8.00. The van der Waals surface area contributed by atoms with Crippen LogP contribution in [0.4, 0.5) is 11.6 Å². The highest BCUT2D eigenvalue weighted by Gasteiger charge is 2.24. The Morgan fingerprint density at radius 3 is 2.27 bits per heavy atom. The largest absolute Gasteiger partial charge is 0.383 e. The minimum absolute atomic E-state index is 0.0229. The molecule has 0 radical (unpaired) electrons. The number of pyridine rings is 2. The minimum Gasteiger partial charge on any atom is -0.383 e. The summed E-state index contributed by atoms with van der Waals surface area (Å²) >= 11 is 1.11. The average molecular weight is 457 g/mol. The number of nitrogens with one attached hydrogen (secondary N) is 1. The first-order valence-corrected chi connectivity index (χ1v) is 11.3. The van der Waals surface area contributed by atoms with E-state index in [0.29, 0.717) is 27.9 Å². The summed E-state index contributed by atoms with van der Waals surface area (Å²) in [6.07, 6.45) is 1.67. The third kappa shape index (κ3) is 5.31. The van der Waals surface area contributed by atoms with Crippen molar-refractivity contribution in [3.63, 3.8) is 0 Å². The zero-order valence-electron chi connectivity index (χ0n) is 18.9. The van der Waals surface area contributed by atoms with Gasteiger partial charge in [-0.15, -0.1) is 0 Å². The van der Waals surface area contributed by atoms with Crippen molar-refractivity contribution < 1.29 is 4.79 Å². The quantitative estimate of drug-likeness (QED) is 0.498. The van der Waals surface area contributed by atoms with Crippen molar-refractivity contribution >= 4 is 29.3 Å². The minimum atomic E-state index is -0.587. The van der Waals surface area contributed by atoms with Gasteiger partial charge in [0.25, 0.3) is 0 Å². The van der Waals surface area contributed by atoms with Crippen LogP contribution in [0, 0.1) is 29.6 Å². The van der Waals surface area contributed by atoms with Gasteiger partial charge in [0.2, 0.25) is 5.91 Å². The summed E-state index contributed by atoms with van der Waals surface area (Å²) in [6, 6.07) is 15.5. The first kappa shape index (κ1) is 23.8. The van der Waals surface area contributed by atoms with Gasteiger partial charge in [-0.25, -0.2) is 9.97 Å². The van der Waals surface area contributed by atoms with Crippen LogP contribution in [0.1, 0.15) is 48.9 Å². The number of carbonyl (C=O) groups is 1. The van der Waals surface area contributed by atoms with E-state index in [1.165, 1.54) is 0 Å². The van der Waals surface area contributed by atoms with Gasteiger partial charge in [0, 0.05) is 11.8 Å². The monoisotopic (exact) mass is 456 g/mol. The molecule has 0 fully saturated rings. The number of rotatable bonds is 6. The van der Waals surface area contributed by atoms with E-state index in [4.69, 9.17) is 5.73 Å². The molecule has 0 aliphatic carbocycles. The molecule has 33 heavy (non-hydrogen) atoms. The van der Waals surface area contributed by atoms with Crippen molar-refractivity contribution in [1.29, 1.82) is 10.5 Å². The van der Waals surface area contributed by atoms with Crippen molar-refractivity contribution in [1.82, 2.24) is 9.97 Å². The summed E-state index contributed by atoms with van der Waals surface area (Å²) < 4.78 is 0. The molecule has 0 spiro atoms. The van der Waals surface area contributed by atoms with Crippen molar-refractivity contribution in [3.05, 3.63) is 64.8 Å². The molecule has 3 aromatic rings. The lowest BCUT2D eigenvalue weighted by atomic mass is 9.94. The highest BCUT2D eigenvalue weighted by Crippen LogP contribution is 2.37. The van der Waals surface area contributed by atoms with Crippen LogP contribution in [-0.2, 0) is 4.79 Å². The first-order valence-electron chi connectivity index (χ1n) is 10.4. The lowest BCUT2D eigenvalue weighted by Crippen LogP contribution is -2.23. The summed E-state index contributed by atoms with van der Waals surface area (Å²) in [5.41, 5.74) is 9.72. The summed E-state index contributed by atoms with van der Waals surface area (Å²) in [7, 11) is 0. The number of nitrogen functional groups attached to an aromatic ring is 1. The predicted molar refractivity (Wildman–Crippen MR) is 131 cm³/mol. The lowest BCUT2D eigenvalue weighted by Gasteiger charge is -2.16. The molecule has 2 heterocycles. The number of nitrogens with zero attached hydrogens (tertiary/aromatic N) is 4. The third-order valence-corrected chi connectivity index (χ3v) is 6.19. The average Bonchev–Trinajstić information content (AvgIpc) is 2.80. The van der Waals surface area contributed by atoms with Crippen LogP contribution in [0.15, 0.2) is 47.6 Å². The zero-order valence-corrected chi connectivity index (χ0v) is 19.7. The van der Waals surface area contributed by atoms with Gasteiger partial charge >= 0.3 is 0 Å². The molecular formula is C25H24N6OS. The van der Waals surface area contributed by atoms with Gasteiger partial charge < -0.3 is 11.1 Å². The van der Waals surface area contributed by atoms with Gasteiger partial charge in [-0.1, -0.05) is 55.9 Å². The van der Waals surface area contributed by atoms with Gasteiger partial charge in [-0.2, -0.15) is 10.5 Å². The van der Waals surface area contributed by atoms with Crippen molar-refractivity contribution in [2.75, 3.05) is 11.1 Å².